The second-order valence-corrected chi connectivity index (χ2v) is 8.56. The maximum Gasteiger partial charge on any atom is 0.240 e. The first kappa shape index (κ1) is 20.8. The van der Waals surface area contributed by atoms with Gasteiger partial charge in [-0.2, -0.15) is 0 Å². The molecule has 154 valence electrons. The summed E-state index contributed by atoms with van der Waals surface area (Å²) in [6.07, 6.45) is 5.07. The summed E-state index contributed by atoms with van der Waals surface area (Å²) in [5.74, 6) is 0.447. The third-order valence-corrected chi connectivity index (χ3v) is 6.56. The molecular formula is C23H35N3O2. The summed E-state index contributed by atoms with van der Waals surface area (Å²) < 4.78 is 0. The zero-order valence-corrected chi connectivity index (χ0v) is 17.6. The van der Waals surface area contributed by atoms with Gasteiger partial charge in [0, 0.05) is 24.5 Å². The van der Waals surface area contributed by atoms with Crippen LogP contribution in [0.3, 0.4) is 0 Å². The van der Waals surface area contributed by atoms with Crippen molar-refractivity contribution in [3.63, 3.8) is 0 Å². The third-order valence-electron chi connectivity index (χ3n) is 6.56. The van der Waals surface area contributed by atoms with Crippen LogP contribution in [0.5, 0.6) is 0 Å². The predicted molar refractivity (Wildman–Crippen MR) is 112 cm³/mol. The van der Waals surface area contributed by atoms with Gasteiger partial charge < -0.3 is 10.2 Å². The Balaban J connectivity index is 1.47. The lowest BCUT2D eigenvalue weighted by atomic mass is 9.93. The van der Waals surface area contributed by atoms with Crippen molar-refractivity contribution in [3.8, 4) is 0 Å². The Morgan fingerprint density at radius 2 is 1.64 bits per heavy atom. The second-order valence-electron chi connectivity index (χ2n) is 8.56. The third kappa shape index (κ3) is 4.93. The van der Waals surface area contributed by atoms with E-state index in [1.165, 1.54) is 6.42 Å². The van der Waals surface area contributed by atoms with Crippen molar-refractivity contribution in [3.05, 3.63) is 35.9 Å². The second kappa shape index (κ2) is 9.55. The molecule has 2 amide bonds. The van der Waals surface area contributed by atoms with Crippen molar-refractivity contribution < 1.29 is 9.59 Å². The Labute approximate surface area is 169 Å². The average molecular weight is 386 g/mol. The van der Waals surface area contributed by atoms with E-state index in [1.807, 2.05) is 37.3 Å². The van der Waals surface area contributed by atoms with E-state index in [4.69, 9.17) is 0 Å². The number of carbonyl (C=O) groups is 2. The van der Waals surface area contributed by atoms with Gasteiger partial charge in [0.15, 0.2) is 0 Å². The Kier molecular flexibility index (Phi) is 7.11. The quantitative estimate of drug-likeness (QED) is 0.847. The van der Waals surface area contributed by atoms with Crippen LogP contribution < -0.4 is 5.32 Å². The fourth-order valence-electron chi connectivity index (χ4n) is 4.71. The molecule has 0 aromatic heterocycles. The van der Waals surface area contributed by atoms with Crippen LogP contribution >= 0.6 is 0 Å². The number of carbonyl (C=O) groups excluding carboxylic acids is 2. The fraction of sp³-hybridized carbons (Fsp3) is 0.652. The maximum absolute atomic E-state index is 13.1. The van der Waals surface area contributed by atoms with E-state index in [0.29, 0.717) is 18.6 Å². The monoisotopic (exact) mass is 385 g/mol. The number of hydrogen-bond donors (Lipinski definition) is 1. The van der Waals surface area contributed by atoms with Gasteiger partial charge in [0.25, 0.3) is 0 Å². The molecule has 0 spiro atoms. The van der Waals surface area contributed by atoms with Gasteiger partial charge in [0.05, 0.1) is 6.04 Å². The van der Waals surface area contributed by atoms with Gasteiger partial charge in [0.1, 0.15) is 0 Å². The molecule has 0 aliphatic carbocycles. The van der Waals surface area contributed by atoms with Gasteiger partial charge in [-0.25, -0.2) is 0 Å². The number of hydrogen-bond acceptors (Lipinski definition) is 3. The lowest BCUT2D eigenvalue weighted by Crippen LogP contribution is -2.56. The van der Waals surface area contributed by atoms with Crippen molar-refractivity contribution in [2.45, 2.75) is 77.5 Å². The molecule has 2 heterocycles. The van der Waals surface area contributed by atoms with Crippen molar-refractivity contribution in [2.75, 3.05) is 13.1 Å². The van der Waals surface area contributed by atoms with Crippen LogP contribution in [-0.2, 0) is 16.1 Å². The minimum absolute atomic E-state index is 0.0510. The van der Waals surface area contributed by atoms with Gasteiger partial charge in [-0.3, -0.25) is 14.5 Å². The number of likely N-dealkylation sites (tertiary alicyclic amines) is 2. The number of rotatable bonds is 5. The van der Waals surface area contributed by atoms with E-state index in [9.17, 15) is 9.59 Å². The first-order valence-electron chi connectivity index (χ1n) is 10.8. The average Bonchev–Trinajstić information content (AvgIpc) is 2.72. The lowest BCUT2D eigenvalue weighted by molar-refractivity contribution is -0.143. The van der Waals surface area contributed by atoms with Crippen LogP contribution in [0.2, 0.25) is 0 Å². The molecule has 0 bridgehead atoms. The topological polar surface area (TPSA) is 52.7 Å². The van der Waals surface area contributed by atoms with Crippen molar-refractivity contribution in [1.82, 2.24) is 15.1 Å². The van der Waals surface area contributed by atoms with E-state index in [0.717, 1.165) is 44.3 Å². The standard InChI is InChI=1S/C23H35N3O2/c1-17-8-7-9-18(2)26(17)23(28)19(3)25-14-12-21(13-15-25)22(27)24-16-20-10-5-4-6-11-20/h4-6,10-11,17-19,21H,7-9,12-16H2,1-3H3,(H,24,27)/t17-,18+,19-/m1/s1. The van der Waals surface area contributed by atoms with E-state index < -0.39 is 0 Å². The van der Waals surface area contributed by atoms with E-state index >= 15 is 0 Å². The molecule has 1 N–H and O–H groups in total. The fourth-order valence-corrected chi connectivity index (χ4v) is 4.71. The lowest BCUT2D eigenvalue weighted by Gasteiger charge is -2.43. The molecule has 3 atom stereocenters. The van der Waals surface area contributed by atoms with Crippen LogP contribution in [0.1, 0.15) is 58.4 Å². The highest BCUT2D eigenvalue weighted by molar-refractivity contribution is 5.82. The highest BCUT2D eigenvalue weighted by Crippen LogP contribution is 2.26. The SMILES string of the molecule is C[C@H](C(=O)N1[C@H](C)CCC[C@@H]1C)N1CCC(C(=O)NCc2ccccc2)CC1. The molecule has 28 heavy (non-hydrogen) atoms. The van der Waals surface area contributed by atoms with Crippen LogP contribution in [0.15, 0.2) is 30.3 Å². The predicted octanol–water partition coefficient (Wildman–Crippen LogP) is 3.19. The highest BCUT2D eigenvalue weighted by Gasteiger charge is 2.35. The van der Waals surface area contributed by atoms with Gasteiger partial charge in [-0.05, 0) is 71.5 Å². The van der Waals surface area contributed by atoms with Crippen molar-refractivity contribution in [1.29, 1.82) is 0 Å². The van der Waals surface area contributed by atoms with Crippen LogP contribution in [0, 0.1) is 5.92 Å². The summed E-state index contributed by atoms with van der Waals surface area (Å²) in [7, 11) is 0. The Hall–Kier alpha value is -1.88. The smallest absolute Gasteiger partial charge is 0.240 e. The molecule has 2 aliphatic rings. The zero-order valence-electron chi connectivity index (χ0n) is 17.6. The summed E-state index contributed by atoms with van der Waals surface area (Å²) in [5.41, 5.74) is 1.12. The number of nitrogens with one attached hydrogen (secondary N) is 1. The number of amides is 2. The summed E-state index contributed by atoms with van der Waals surface area (Å²) >= 11 is 0. The Morgan fingerprint density at radius 1 is 1.04 bits per heavy atom. The minimum Gasteiger partial charge on any atom is -0.352 e. The normalized spacial score (nSPS) is 25.3. The molecule has 5 nitrogen and oxygen atoms in total. The number of benzene rings is 1. The first-order valence-corrected chi connectivity index (χ1v) is 10.8. The molecule has 2 saturated heterocycles. The van der Waals surface area contributed by atoms with E-state index in [2.05, 4.69) is 29.0 Å². The Bertz CT molecular complexity index is 645. The zero-order chi connectivity index (χ0) is 20.1. The highest BCUT2D eigenvalue weighted by atomic mass is 16.2. The largest absolute Gasteiger partial charge is 0.352 e. The van der Waals surface area contributed by atoms with Gasteiger partial charge in [-0.15, -0.1) is 0 Å². The van der Waals surface area contributed by atoms with Crippen molar-refractivity contribution in [2.24, 2.45) is 5.92 Å². The van der Waals surface area contributed by atoms with Crippen LogP contribution in [0.25, 0.3) is 0 Å². The molecule has 1 aromatic rings. The molecule has 3 rings (SSSR count). The van der Waals surface area contributed by atoms with Crippen LogP contribution in [0.4, 0.5) is 0 Å². The van der Waals surface area contributed by atoms with Crippen LogP contribution in [-0.4, -0.2) is 52.8 Å². The van der Waals surface area contributed by atoms with Crippen molar-refractivity contribution >= 4 is 11.8 Å². The van der Waals surface area contributed by atoms with Gasteiger partial charge in [-0.1, -0.05) is 30.3 Å². The molecule has 1 aromatic carbocycles. The van der Waals surface area contributed by atoms with Gasteiger partial charge in [0.2, 0.25) is 11.8 Å². The summed E-state index contributed by atoms with van der Waals surface area (Å²) in [6.45, 7) is 8.58. The number of nitrogens with zero attached hydrogens (tertiary/aromatic N) is 2. The molecule has 2 fully saturated rings. The summed E-state index contributed by atoms with van der Waals surface area (Å²) in [6, 6.07) is 10.6. The molecule has 0 saturated carbocycles. The molecule has 2 aliphatic heterocycles. The first-order chi connectivity index (χ1) is 13.5. The molecule has 5 heteroatoms. The molecule has 0 radical (unpaired) electrons. The van der Waals surface area contributed by atoms with Gasteiger partial charge >= 0.3 is 0 Å². The summed E-state index contributed by atoms with van der Waals surface area (Å²) in [4.78, 5) is 30.0. The van der Waals surface area contributed by atoms with E-state index in [-0.39, 0.29) is 23.8 Å². The number of piperidine rings is 2. The van der Waals surface area contributed by atoms with E-state index in [1.54, 1.807) is 0 Å². The maximum atomic E-state index is 13.1. The summed E-state index contributed by atoms with van der Waals surface area (Å²) in [5, 5.41) is 3.07. The molecule has 0 unspecified atom stereocenters. The Morgan fingerprint density at radius 3 is 2.25 bits per heavy atom. The minimum atomic E-state index is -0.101. The molecular weight excluding hydrogens is 350 g/mol.